The molecular weight excluding hydrogens is 360 g/mol. The zero-order valence-corrected chi connectivity index (χ0v) is 15.9. The van der Waals surface area contributed by atoms with E-state index in [0.717, 1.165) is 5.56 Å². The Morgan fingerprint density at radius 2 is 1.88 bits per heavy atom. The van der Waals surface area contributed by atoms with Gasteiger partial charge >= 0.3 is 0 Å². The van der Waals surface area contributed by atoms with Gasteiger partial charge in [0.2, 0.25) is 10.0 Å². The zero-order chi connectivity index (χ0) is 18.6. The molecule has 2 aromatic rings. The summed E-state index contributed by atoms with van der Waals surface area (Å²) in [5.41, 5.74) is 1.70. The Kier molecular flexibility index (Phi) is 6.21. The fraction of sp³-hybridized carbons (Fsp3) is 0.278. The minimum absolute atomic E-state index is 0.0589. The van der Waals surface area contributed by atoms with E-state index < -0.39 is 15.9 Å². The molecule has 25 heavy (non-hydrogen) atoms. The first-order valence-electron chi connectivity index (χ1n) is 7.86. The third kappa shape index (κ3) is 5.29. The predicted molar refractivity (Wildman–Crippen MR) is 101 cm³/mol. The zero-order valence-electron chi connectivity index (χ0n) is 14.3. The van der Waals surface area contributed by atoms with Gasteiger partial charge in [0, 0.05) is 22.8 Å². The molecule has 0 spiro atoms. The third-order valence-corrected chi connectivity index (χ3v) is 5.19. The summed E-state index contributed by atoms with van der Waals surface area (Å²) in [5.74, 6) is -0.210. The number of halogens is 1. The Hall–Kier alpha value is -1.89. The van der Waals surface area contributed by atoms with Crippen LogP contribution in [0.25, 0.3) is 0 Å². The molecule has 0 bridgehead atoms. The number of hydrogen-bond acceptors (Lipinski definition) is 3. The SMILES string of the molecule is Cc1ccc(Cl)cc1NC(=O)c1cccc(S(=O)(=O)NCC(C)C)c1. The van der Waals surface area contributed by atoms with Crippen molar-refractivity contribution in [2.45, 2.75) is 25.7 Å². The first-order chi connectivity index (χ1) is 11.7. The second-order valence-electron chi connectivity index (χ2n) is 6.19. The molecule has 134 valence electrons. The van der Waals surface area contributed by atoms with Crippen molar-refractivity contribution < 1.29 is 13.2 Å². The lowest BCUT2D eigenvalue weighted by Gasteiger charge is -2.11. The van der Waals surface area contributed by atoms with E-state index >= 15 is 0 Å². The quantitative estimate of drug-likeness (QED) is 0.799. The van der Waals surface area contributed by atoms with Gasteiger partial charge in [-0.1, -0.05) is 37.6 Å². The summed E-state index contributed by atoms with van der Waals surface area (Å²) in [5, 5.41) is 3.27. The number of benzene rings is 2. The Balaban J connectivity index is 2.23. The monoisotopic (exact) mass is 380 g/mol. The Labute approximate surface area is 153 Å². The van der Waals surface area contributed by atoms with Crippen LogP contribution in [0, 0.1) is 12.8 Å². The fourth-order valence-corrected chi connectivity index (χ4v) is 3.52. The second-order valence-corrected chi connectivity index (χ2v) is 8.39. The van der Waals surface area contributed by atoms with Gasteiger partial charge in [0.1, 0.15) is 0 Å². The summed E-state index contributed by atoms with van der Waals surface area (Å²) in [6, 6.07) is 11.1. The highest BCUT2D eigenvalue weighted by atomic mass is 35.5. The summed E-state index contributed by atoms with van der Waals surface area (Å²) in [6.45, 7) is 6.02. The van der Waals surface area contributed by atoms with Crippen molar-refractivity contribution >= 4 is 33.2 Å². The van der Waals surface area contributed by atoms with Crippen molar-refractivity contribution in [3.63, 3.8) is 0 Å². The summed E-state index contributed by atoms with van der Waals surface area (Å²) in [7, 11) is -3.65. The van der Waals surface area contributed by atoms with E-state index in [1.165, 1.54) is 12.1 Å². The minimum Gasteiger partial charge on any atom is -0.322 e. The van der Waals surface area contributed by atoms with Crippen LogP contribution in [-0.2, 0) is 10.0 Å². The van der Waals surface area contributed by atoms with E-state index in [1.807, 2.05) is 20.8 Å². The van der Waals surface area contributed by atoms with Gasteiger partial charge < -0.3 is 5.32 Å². The molecule has 0 aliphatic carbocycles. The van der Waals surface area contributed by atoms with Gasteiger partial charge in [0.05, 0.1) is 4.90 Å². The van der Waals surface area contributed by atoms with E-state index in [0.29, 0.717) is 17.3 Å². The molecule has 7 heteroatoms. The van der Waals surface area contributed by atoms with Gasteiger partial charge in [0.15, 0.2) is 0 Å². The van der Waals surface area contributed by atoms with Gasteiger partial charge in [-0.15, -0.1) is 0 Å². The maximum absolute atomic E-state index is 12.5. The summed E-state index contributed by atoms with van der Waals surface area (Å²) >= 11 is 5.95. The van der Waals surface area contributed by atoms with E-state index in [2.05, 4.69) is 10.0 Å². The first-order valence-corrected chi connectivity index (χ1v) is 9.72. The lowest BCUT2D eigenvalue weighted by Crippen LogP contribution is -2.27. The summed E-state index contributed by atoms with van der Waals surface area (Å²) in [6.07, 6.45) is 0. The van der Waals surface area contributed by atoms with E-state index in [4.69, 9.17) is 11.6 Å². The van der Waals surface area contributed by atoms with Gasteiger partial charge in [0.25, 0.3) is 5.91 Å². The number of carbonyl (C=O) groups excluding carboxylic acids is 1. The number of aryl methyl sites for hydroxylation is 1. The first kappa shape index (κ1) is 19.4. The Bertz CT molecular complexity index is 880. The molecule has 0 fully saturated rings. The number of carbonyl (C=O) groups is 1. The van der Waals surface area contributed by atoms with Crippen LogP contribution in [0.2, 0.25) is 5.02 Å². The second kappa shape index (κ2) is 7.99. The lowest BCUT2D eigenvalue weighted by molar-refractivity contribution is 0.102. The molecule has 0 radical (unpaired) electrons. The highest BCUT2D eigenvalue weighted by Crippen LogP contribution is 2.21. The van der Waals surface area contributed by atoms with Crippen LogP contribution in [0.5, 0.6) is 0 Å². The van der Waals surface area contributed by atoms with Crippen molar-refractivity contribution in [2.75, 3.05) is 11.9 Å². The molecule has 2 aromatic carbocycles. The van der Waals surface area contributed by atoms with Gasteiger partial charge in [-0.25, -0.2) is 13.1 Å². The van der Waals surface area contributed by atoms with Crippen LogP contribution in [0.4, 0.5) is 5.69 Å². The molecule has 0 saturated heterocycles. The lowest BCUT2D eigenvalue weighted by atomic mass is 10.1. The number of anilines is 1. The van der Waals surface area contributed by atoms with Gasteiger partial charge in [-0.3, -0.25) is 4.79 Å². The van der Waals surface area contributed by atoms with Crippen LogP contribution in [0.15, 0.2) is 47.4 Å². The van der Waals surface area contributed by atoms with Crippen LogP contribution < -0.4 is 10.0 Å². The maximum Gasteiger partial charge on any atom is 0.255 e. The third-order valence-electron chi connectivity index (χ3n) is 3.54. The van der Waals surface area contributed by atoms with Crippen molar-refractivity contribution in [1.82, 2.24) is 4.72 Å². The molecule has 0 aliphatic heterocycles. The topological polar surface area (TPSA) is 75.3 Å². The standard InChI is InChI=1S/C18H21ClN2O3S/c1-12(2)11-20-25(23,24)16-6-4-5-14(9-16)18(22)21-17-10-15(19)8-7-13(17)3/h4-10,12,20H,11H2,1-3H3,(H,21,22). The molecule has 0 heterocycles. The van der Waals surface area contributed by atoms with E-state index in [1.54, 1.807) is 30.3 Å². The van der Waals surface area contributed by atoms with Gasteiger partial charge in [-0.05, 0) is 48.7 Å². The highest BCUT2D eigenvalue weighted by Gasteiger charge is 2.17. The summed E-state index contributed by atoms with van der Waals surface area (Å²) < 4.78 is 27.1. The Morgan fingerprint density at radius 1 is 1.16 bits per heavy atom. The fourth-order valence-electron chi connectivity index (χ4n) is 2.09. The largest absolute Gasteiger partial charge is 0.322 e. The maximum atomic E-state index is 12.5. The molecule has 0 saturated carbocycles. The van der Waals surface area contributed by atoms with Crippen LogP contribution in [0.3, 0.4) is 0 Å². The molecule has 0 aromatic heterocycles. The van der Waals surface area contributed by atoms with E-state index in [9.17, 15) is 13.2 Å². The smallest absolute Gasteiger partial charge is 0.255 e. The van der Waals surface area contributed by atoms with Crippen molar-refractivity contribution in [2.24, 2.45) is 5.92 Å². The number of amides is 1. The molecule has 2 rings (SSSR count). The van der Waals surface area contributed by atoms with Crippen molar-refractivity contribution in [1.29, 1.82) is 0 Å². The highest BCUT2D eigenvalue weighted by molar-refractivity contribution is 7.89. The van der Waals surface area contributed by atoms with Crippen LogP contribution >= 0.6 is 11.6 Å². The van der Waals surface area contributed by atoms with Gasteiger partial charge in [-0.2, -0.15) is 0 Å². The molecule has 0 aliphatic rings. The number of nitrogens with one attached hydrogen (secondary N) is 2. The van der Waals surface area contributed by atoms with E-state index in [-0.39, 0.29) is 16.4 Å². The Morgan fingerprint density at radius 3 is 2.56 bits per heavy atom. The van der Waals surface area contributed by atoms with Crippen molar-refractivity contribution in [3.8, 4) is 0 Å². The molecule has 2 N–H and O–H groups in total. The molecular formula is C18H21ClN2O3S. The molecule has 0 atom stereocenters. The molecule has 1 amide bonds. The van der Waals surface area contributed by atoms with Crippen LogP contribution in [-0.4, -0.2) is 20.9 Å². The van der Waals surface area contributed by atoms with Crippen molar-refractivity contribution in [3.05, 3.63) is 58.6 Å². The molecule has 5 nitrogen and oxygen atoms in total. The molecule has 0 unspecified atom stereocenters. The number of hydrogen-bond donors (Lipinski definition) is 2. The number of sulfonamides is 1. The average Bonchev–Trinajstić information content (AvgIpc) is 2.56. The number of rotatable bonds is 6. The predicted octanol–water partition coefficient (Wildman–Crippen LogP) is 3.84. The summed E-state index contributed by atoms with van der Waals surface area (Å²) in [4.78, 5) is 12.5. The van der Waals surface area contributed by atoms with Crippen LogP contribution in [0.1, 0.15) is 29.8 Å². The normalized spacial score (nSPS) is 11.6. The minimum atomic E-state index is -3.65. The average molecular weight is 381 g/mol.